The number of hydrogen-bond donors (Lipinski definition) is 0. The SMILES string of the molecule is C#CCC(COCCCC)C(=C)C. The lowest BCUT2D eigenvalue weighted by Crippen LogP contribution is -2.10. The largest absolute Gasteiger partial charge is 0.381 e. The molecule has 0 aromatic heterocycles. The molecule has 0 bridgehead atoms. The molecule has 13 heavy (non-hydrogen) atoms. The van der Waals surface area contributed by atoms with Crippen LogP contribution in [-0.2, 0) is 4.74 Å². The average Bonchev–Trinajstić information content (AvgIpc) is 2.10. The molecule has 1 unspecified atom stereocenters. The Hall–Kier alpha value is -0.740. The van der Waals surface area contributed by atoms with Crippen molar-refractivity contribution in [3.63, 3.8) is 0 Å². The Kier molecular flexibility index (Phi) is 7.44. The van der Waals surface area contributed by atoms with Crippen LogP contribution < -0.4 is 0 Å². The van der Waals surface area contributed by atoms with E-state index in [1.165, 1.54) is 6.42 Å². The van der Waals surface area contributed by atoms with Gasteiger partial charge in [0.1, 0.15) is 0 Å². The highest BCUT2D eigenvalue weighted by atomic mass is 16.5. The van der Waals surface area contributed by atoms with Crippen LogP contribution in [0.2, 0.25) is 0 Å². The molecule has 0 heterocycles. The van der Waals surface area contributed by atoms with Gasteiger partial charge < -0.3 is 4.74 Å². The average molecular weight is 180 g/mol. The van der Waals surface area contributed by atoms with Gasteiger partial charge in [-0.3, -0.25) is 0 Å². The molecule has 74 valence electrons. The Balaban J connectivity index is 3.58. The highest BCUT2D eigenvalue weighted by Crippen LogP contribution is 2.12. The van der Waals surface area contributed by atoms with Crippen molar-refractivity contribution in [1.82, 2.24) is 0 Å². The summed E-state index contributed by atoms with van der Waals surface area (Å²) in [6.45, 7) is 9.62. The first-order valence-electron chi connectivity index (χ1n) is 4.89. The Morgan fingerprint density at radius 1 is 1.62 bits per heavy atom. The molecule has 0 N–H and O–H groups in total. The van der Waals surface area contributed by atoms with E-state index in [-0.39, 0.29) is 0 Å². The monoisotopic (exact) mass is 180 g/mol. The minimum absolute atomic E-state index is 0.335. The highest BCUT2D eigenvalue weighted by molar-refractivity contribution is 5.02. The van der Waals surface area contributed by atoms with Crippen LogP contribution in [0, 0.1) is 18.3 Å². The number of unbranched alkanes of at least 4 members (excludes halogenated alkanes) is 1. The fraction of sp³-hybridized carbons (Fsp3) is 0.667. The minimum Gasteiger partial charge on any atom is -0.381 e. The van der Waals surface area contributed by atoms with Crippen molar-refractivity contribution in [1.29, 1.82) is 0 Å². The van der Waals surface area contributed by atoms with E-state index in [2.05, 4.69) is 19.4 Å². The summed E-state index contributed by atoms with van der Waals surface area (Å²) in [6, 6.07) is 0. The molecule has 0 aliphatic heterocycles. The molecule has 0 saturated heterocycles. The Morgan fingerprint density at radius 2 is 2.31 bits per heavy atom. The van der Waals surface area contributed by atoms with Gasteiger partial charge >= 0.3 is 0 Å². The normalized spacial score (nSPS) is 12.1. The standard InChI is InChI=1S/C12H20O/c1-5-7-9-13-10-12(8-6-2)11(3)4/h2,12H,3,5,7-10H2,1,4H3. The van der Waals surface area contributed by atoms with E-state index in [9.17, 15) is 0 Å². The molecule has 1 nitrogen and oxygen atoms in total. The molecule has 0 amide bonds. The second-order valence-electron chi connectivity index (χ2n) is 3.38. The number of rotatable bonds is 7. The van der Waals surface area contributed by atoms with Gasteiger partial charge in [0.15, 0.2) is 0 Å². The second-order valence-corrected chi connectivity index (χ2v) is 3.38. The van der Waals surface area contributed by atoms with Crippen LogP contribution in [-0.4, -0.2) is 13.2 Å². The van der Waals surface area contributed by atoms with Crippen molar-refractivity contribution in [2.45, 2.75) is 33.1 Å². The van der Waals surface area contributed by atoms with Gasteiger partial charge in [-0.05, 0) is 13.3 Å². The molecule has 0 rings (SSSR count). The molecule has 0 aliphatic rings. The lowest BCUT2D eigenvalue weighted by Gasteiger charge is -2.14. The van der Waals surface area contributed by atoms with E-state index in [1.807, 2.05) is 6.92 Å². The maximum Gasteiger partial charge on any atom is 0.0540 e. The summed E-state index contributed by atoms with van der Waals surface area (Å²) >= 11 is 0. The lowest BCUT2D eigenvalue weighted by molar-refractivity contribution is 0.108. The van der Waals surface area contributed by atoms with E-state index < -0.39 is 0 Å². The molecule has 0 aliphatic carbocycles. The molecule has 0 aromatic carbocycles. The fourth-order valence-corrected chi connectivity index (χ4v) is 0.990. The van der Waals surface area contributed by atoms with Crippen LogP contribution in [0.5, 0.6) is 0 Å². The van der Waals surface area contributed by atoms with Crippen LogP contribution in [0.3, 0.4) is 0 Å². The lowest BCUT2D eigenvalue weighted by atomic mass is 10.00. The summed E-state index contributed by atoms with van der Waals surface area (Å²) in [5.41, 5.74) is 1.12. The first-order chi connectivity index (χ1) is 6.22. The predicted octanol–water partition coefficient (Wildman–Crippen LogP) is 3.02. The highest BCUT2D eigenvalue weighted by Gasteiger charge is 2.07. The van der Waals surface area contributed by atoms with Gasteiger partial charge in [-0.2, -0.15) is 0 Å². The minimum atomic E-state index is 0.335. The first kappa shape index (κ1) is 12.3. The van der Waals surface area contributed by atoms with E-state index in [1.54, 1.807) is 0 Å². The quantitative estimate of drug-likeness (QED) is 0.332. The molecule has 0 radical (unpaired) electrons. The van der Waals surface area contributed by atoms with Gasteiger partial charge in [0, 0.05) is 18.9 Å². The third kappa shape index (κ3) is 6.42. The maximum absolute atomic E-state index is 5.49. The van der Waals surface area contributed by atoms with Gasteiger partial charge in [0.2, 0.25) is 0 Å². The Morgan fingerprint density at radius 3 is 2.77 bits per heavy atom. The topological polar surface area (TPSA) is 9.23 Å². The summed E-state index contributed by atoms with van der Waals surface area (Å²) in [4.78, 5) is 0. The van der Waals surface area contributed by atoms with Gasteiger partial charge in [0.25, 0.3) is 0 Å². The van der Waals surface area contributed by atoms with Crippen LogP contribution in [0.4, 0.5) is 0 Å². The zero-order chi connectivity index (χ0) is 10.1. The van der Waals surface area contributed by atoms with Crippen molar-refractivity contribution in [3.05, 3.63) is 12.2 Å². The molecule has 0 fully saturated rings. The summed E-state index contributed by atoms with van der Waals surface area (Å²) in [6.07, 6.45) is 8.29. The Bertz CT molecular complexity index is 176. The van der Waals surface area contributed by atoms with Gasteiger partial charge in [0.05, 0.1) is 6.61 Å². The summed E-state index contributed by atoms with van der Waals surface area (Å²) in [5, 5.41) is 0. The van der Waals surface area contributed by atoms with Crippen LogP contribution in [0.15, 0.2) is 12.2 Å². The smallest absolute Gasteiger partial charge is 0.0540 e. The third-order valence-electron chi connectivity index (χ3n) is 2.02. The number of terminal acetylenes is 1. The van der Waals surface area contributed by atoms with Crippen molar-refractivity contribution in [2.24, 2.45) is 5.92 Å². The Labute approximate surface area is 82.2 Å². The first-order valence-corrected chi connectivity index (χ1v) is 4.89. The van der Waals surface area contributed by atoms with Gasteiger partial charge in [-0.1, -0.05) is 25.5 Å². The molecule has 0 spiro atoms. The number of hydrogen-bond acceptors (Lipinski definition) is 1. The summed E-state index contributed by atoms with van der Waals surface area (Å²) in [5.74, 6) is 2.98. The van der Waals surface area contributed by atoms with Crippen molar-refractivity contribution in [3.8, 4) is 12.3 Å². The van der Waals surface area contributed by atoms with Gasteiger partial charge in [-0.25, -0.2) is 0 Å². The van der Waals surface area contributed by atoms with E-state index in [0.717, 1.165) is 31.6 Å². The van der Waals surface area contributed by atoms with Gasteiger partial charge in [-0.15, -0.1) is 12.3 Å². The van der Waals surface area contributed by atoms with Crippen LogP contribution in [0.1, 0.15) is 33.1 Å². The molecular formula is C12H20O. The van der Waals surface area contributed by atoms with Crippen LogP contribution >= 0.6 is 0 Å². The summed E-state index contributed by atoms with van der Waals surface area (Å²) in [7, 11) is 0. The van der Waals surface area contributed by atoms with Crippen molar-refractivity contribution < 1.29 is 4.74 Å². The molecule has 0 aromatic rings. The van der Waals surface area contributed by atoms with Crippen molar-refractivity contribution in [2.75, 3.05) is 13.2 Å². The molecule has 1 heteroatoms. The van der Waals surface area contributed by atoms with Crippen LogP contribution in [0.25, 0.3) is 0 Å². The second kappa shape index (κ2) is 7.89. The van der Waals surface area contributed by atoms with E-state index in [4.69, 9.17) is 11.2 Å². The van der Waals surface area contributed by atoms with Crippen molar-refractivity contribution >= 4 is 0 Å². The third-order valence-corrected chi connectivity index (χ3v) is 2.02. The van der Waals surface area contributed by atoms with E-state index in [0.29, 0.717) is 5.92 Å². The number of ether oxygens (including phenoxy) is 1. The molecular weight excluding hydrogens is 160 g/mol. The molecule has 1 atom stereocenters. The zero-order valence-electron chi connectivity index (χ0n) is 8.81. The summed E-state index contributed by atoms with van der Waals surface area (Å²) < 4.78 is 5.49. The fourth-order valence-electron chi connectivity index (χ4n) is 0.990. The zero-order valence-corrected chi connectivity index (χ0v) is 8.81. The predicted molar refractivity (Wildman–Crippen MR) is 57.5 cm³/mol. The van der Waals surface area contributed by atoms with E-state index >= 15 is 0 Å². The molecule has 0 saturated carbocycles. The maximum atomic E-state index is 5.49.